The maximum Gasteiger partial charge on any atom is 0.245 e. The average Bonchev–Trinajstić information content (AvgIpc) is 3.52. The van der Waals surface area contributed by atoms with Crippen molar-refractivity contribution < 1.29 is 18.8 Å². The van der Waals surface area contributed by atoms with Gasteiger partial charge in [-0.05, 0) is 61.6 Å². The number of hydrogen-bond acceptors (Lipinski definition) is 5. The highest BCUT2D eigenvalue weighted by Crippen LogP contribution is 2.23. The van der Waals surface area contributed by atoms with Crippen LogP contribution in [-0.2, 0) is 27.2 Å². The Morgan fingerprint density at radius 2 is 1.85 bits per heavy atom. The van der Waals surface area contributed by atoms with Gasteiger partial charge in [0.1, 0.15) is 11.9 Å². The minimum Gasteiger partial charge on any atom is -0.358 e. The predicted octanol–water partition coefficient (Wildman–Crippen LogP) is 2.93. The number of hydrogen-bond donors (Lipinski definition) is 3. The molecule has 0 radical (unpaired) electrons. The second kappa shape index (κ2) is 14.8. The van der Waals surface area contributed by atoms with E-state index in [2.05, 4.69) is 27.8 Å². The van der Waals surface area contributed by atoms with E-state index in [0.717, 1.165) is 43.4 Å². The zero-order valence-corrected chi connectivity index (χ0v) is 24.6. The van der Waals surface area contributed by atoms with Crippen molar-refractivity contribution in [2.24, 2.45) is 0 Å². The summed E-state index contributed by atoms with van der Waals surface area (Å²) in [5.41, 5.74) is 1.67. The smallest absolute Gasteiger partial charge is 0.245 e. The van der Waals surface area contributed by atoms with E-state index < -0.39 is 12.1 Å². The summed E-state index contributed by atoms with van der Waals surface area (Å²) in [5, 5.41) is 9.62. The van der Waals surface area contributed by atoms with Gasteiger partial charge in [0.15, 0.2) is 0 Å². The lowest BCUT2D eigenvalue weighted by Gasteiger charge is -2.45. The van der Waals surface area contributed by atoms with Gasteiger partial charge in [0.25, 0.3) is 0 Å². The SMILES string of the molecule is CCCC1CN(C(Cc2ccccc2Cl)C(=O)NC)CCN1C(=O)C(Cc1ccc(F)cc1)NC(=O)C1CCCN1. The van der Waals surface area contributed by atoms with Crippen LogP contribution in [0.25, 0.3) is 0 Å². The van der Waals surface area contributed by atoms with Crippen molar-refractivity contribution in [2.45, 2.75) is 69.6 Å². The molecule has 4 unspecified atom stereocenters. The quantitative estimate of drug-likeness (QED) is 0.377. The molecule has 10 heteroatoms. The second-order valence-electron chi connectivity index (χ2n) is 10.9. The van der Waals surface area contributed by atoms with Crippen LogP contribution in [-0.4, -0.2) is 84.9 Å². The van der Waals surface area contributed by atoms with Crippen LogP contribution in [0.5, 0.6) is 0 Å². The lowest BCUT2D eigenvalue weighted by Crippen LogP contribution is -2.63. The zero-order valence-electron chi connectivity index (χ0n) is 23.9. The number of amides is 3. The minimum atomic E-state index is -0.779. The molecule has 0 saturated carbocycles. The molecule has 8 nitrogen and oxygen atoms in total. The summed E-state index contributed by atoms with van der Waals surface area (Å²) in [6, 6.07) is 11.9. The first-order chi connectivity index (χ1) is 19.8. The van der Waals surface area contributed by atoms with Gasteiger partial charge in [-0.2, -0.15) is 0 Å². The molecule has 0 aliphatic carbocycles. The maximum absolute atomic E-state index is 14.1. The van der Waals surface area contributed by atoms with Crippen molar-refractivity contribution in [2.75, 3.05) is 33.2 Å². The lowest BCUT2D eigenvalue weighted by atomic mass is 9.98. The van der Waals surface area contributed by atoms with Crippen LogP contribution in [0.2, 0.25) is 5.02 Å². The lowest BCUT2D eigenvalue weighted by molar-refractivity contribution is -0.142. The van der Waals surface area contributed by atoms with Gasteiger partial charge in [-0.15, -0.1) is 0 Å². The van der Waals surface area contributed by atoms with Crippen molar-refractivity contribution in [3.63, 3.8) is 0 Å². The summed E-state index contributed by atoms with van der Waals surface area (Å²) in [6.45, 7) is 4.32. The van der Waals surface area contributed by atoms with Crippen LogP contribution in [0.1, 0.15) is 43.7 Å². The average molecular weight is 586 g/mol. The van der Waals surface area contributed by atoms with Crippen molar-refractivity contribution in [1.82, 2.24) is 25.8 Å². The Hall–Kier alpha value is -3.01. The van der Waals surface area contributed by atoms with Gasteiger partial charge < -0.3 is 20.9 Å². The Morgan fingerprint density at radius 3 is 2.51 bits per heavy atom. The Balaban J connectivity index is 1.53. The molecule has 2 aliphatic heterocycles. The molecule has 3 N–H and O–H groups in total. The van der Waals surface area contributed by atoms with E-state index in [4.69, 9.17) is 11.6 Å². The van der Waals surface area contributed by atoms with Crippen LogP contribution in [0, 0.1) is 5.82 Å². The third-order valence-electron chi connectivity index (χ3n) is 8.12. The zero-order chi connectivity index (χ0) is 29.4. The molecule has 0 spiro atoms. The van der Waals surface area contributed by atoms with E-state index in [1.54, 1.807) is 19.2 Å². The topological polar surface area (TPSA) is 93.8 Å². The molecule has 222 valence electrons. The standard InChI is InChI=1S/C31H41ClFN5O3/c1-3-7-24-20-37(28(30(40)34-2)19-22-8-4-5-9-25(22)32)16-17-38(24)31(41)27(18-21-11-13-23(33)14-12-21)36-29(39)26-10-6-15-35-26/h4-5,8-9,11-14,24,26-28,35H,3,6-7,10,15-20H2,1-2H3,(H,34,40)(H,36,39). The number of nitrogens with zero attached hydrogens (tertiary/aromatic N) is 2. The molecule has 2 aromatic carbocycles. The molecule has 2 aliphatic rings. The molecule has 0 aromatic heterocycles. The summed E-state index contributed by atoms with van der Waals surface area (Å²) in [4.78, 5) is 44.2. The van der Waals surface area contributed by atoms with Crippen LogP contribution in [0.4, 0.5) is 4.39 Å². The first-order valence-electron chi connectivity index (χ1n) is 14.6. The second-order valence-corrected chi connectivity index (χ2v) is 11.3. The molecule has 2 fully saturated rings. The third kappa shape index (κ3) is 8.05. The Morgan fingerprint density at radius 1 is 1.10 bits per heavy atom. The van der Waals surface area contributed by atoms with Crippen molar-refractivity contribution in [3.05, 3.63) is 70.5 Å². The normalized spacial score (nSPS) is 20.8. The van der Waals surface area contributed by atoms with E-state index in [-0.39, 0.29) is 42.0 Å². The number of benzene rings is 2. The number of nitrogens with one attached hydrogen (secondary N) is 3. The van der Waals surface area contributed by atoms with Gasteiger partial charge in [0.2, 0.25) is 17.7 Å². The predicted molar refractivity (Wildman–Crippen MR) is 158 cm³/mol. The van der Waals surface area contributed by atoms with Crippen molar-refractivity contribution >= 4 is 29.3 Å². The van der Waals surface area contributed by atoms with E-state index in [0.29, 0.717) is 31.1 Å². The van der Waals surface area contributed by atoms with E-state index in [1.165, 1.54) is 12.1 Å². The largest absolute Gasteiger partial charge is 0.358 e. The summed E-state index contributed by atoms with van der Waals surface area (Å²) < 4.78 is 13.6. The molecule has 4 rings (SSSR count). The fourth-order valence-electron chi connectivity index (χ4n) is 5.90. The Bertz CT molecular complexity index is 1190. The number of likely N-dealkylation sites (N-methyl/N-ethyl adjacent to an activating group) is 1. The number of carbonyl (C=O) groups excluding carboxylic acids is 3. The highest BCUT2D eigenvalue weighted by atomic mass is 35.5. The number of halogens is 2. The maximum atomic E-state index is 14.1. The number of piperazine rings is 1. The number of rotatable bonds is 11. The van der Waals surface area contributed by atoms with Gasteiger partial charge in [-0.1, -0.05) is 55.3 Å². The molecule has 3 amide bonds. The van der Waals surface area contributed by atoms with Gasteiger partial charge in [0.05, 0.1) is 12.1 Å². The van der Waals surface area contributed by atoms with Crippen LogP contribution >= 0.6 is 11.6 Å². The molecule has 2 heterocycles. The van der Waals surface area contributed by atoms with Crippen molar-refractivity contribution in [1.29, 1.82) is 0 Å². The molecule has 0 bridgehead atoms. The molecule has 41 heavy (non-hydrogen) atoms. The Kier molecular flexibility index (Phi) is 11.1. The highest BCUT2D eigenvalue weighted by Gasteiger charge is 2.38. The third-order valence-corrected chi connectivity index (χ3v) is 8.49. The summed E-state index contributed by atoms with van der Waals surface area (Å²) in [6.07, 6.45) is 3.99. The fraction of sp³-hybridized carbons (Fsp3) is 0.516. The van der Waals surface area contributed by atoms with Crippen LogP contribution < -0.4 is 16.0 Å². The summed E-state index contributed by atoms with van der Waals surface area (Å²) in [7, 11) is 1.63. The molecule has 2 aromatic rings. The van der Waals surface area contributed by atoms with Gasteiger partial charge in [0, 0.05) is 44.2 Å². The monoisotopic (exact) mass is 585 g/mol. The summed E-state index contributed by atoms with van der Waals surface area (Å²) in [5.74, 6) is -0.780. The van der Waals surface area contributed by atoms with Crippen molar-refractivity contribution in [3.8, 4) is 0 Å². The van der Waals surface area contributed by atoms with Gasteiger partial charge in [-0.25, -0.2) is 4.39 Å². The van der Waals surface area contributed by atoms with E-state index >= 15 is 0 Å². The van der Waals surface area contributed by atoms with Gasteiger partial charge in [-0.3, -0.25) is 19.3 Å². The molecule has 4 atom stereocenters. The Labute approximate surface area is 247 Å². The number of carbonyl (C=O) groups is 3. The summed E-state index contributed by atoms with van der Waals surface area (Å²) >= 11 is 6.43. The van der Waals surface area contributed by atoms with Crippen LogP contribution in [0.3, 0.4) is 0 Å². The molecular formula is C31H41ClFN5O3. The van der Waals surface area contributed by atoms with E-state index in [1.807, 2.05) is 29.2 Å². The van der Waals surface area contributed by atoms with Gasteiger partial charge >= 0.3 is 0 Å². The fourth-order valence-corrected chi connectivity index (χ4v) is 6.11. The molecular weight excluding hydrogens is 545 g/mol. The first-order valence-corrected chi connectivity index (χ1v) is 15.0. The first kappa shape index (κ1) is 30.9. The van der Waals surface area contributed by atoms with Crippen LogP contribution in [0.15, 0.2) is 48.5 Å². The highest BCUT2D eigenvalue weighted by molar-refractivity contribution is 6.31. The minimum absolute atomic E-state index is 0.0922. The van der Waals surface area contributed by atoms with E-state index in [9.17, 15) is 18.8 Å². The molecule has 2 saturated heterocycles.